The molecule has 1 fully saturated rings. The van der Waals surface area contributed by atoms with Gasteiger partial charge in [-0.1, -0.05) is 0 Å². The molecule has 2 unspecified atom stereocenters. The number of carbonyl (C=O) groups excluding carboxylic acids is 2. The van der Waals surface area contributed by atoms with E-state index in [0.29, 0.717) is 0 Å². The standard InChI is InChI=1S/C7H12N2O2/c1-4-6(8-5(2)10)7(11)9(4)3/h4,6H,1-3H3,(H,8,10). The molecule has 1 N–H and O–H groups in total. The number of nitrogens with zero attached hydrogens (tertiary/aromatic N) is 1. The third kappa shape index (κ3) is 1.20. The van der Waals surface area contributed by atoms with E-state index in [-0.39, 0.29) is 23.9 Å². The highest BCUT2D eigenvalue weighted by Crippen LogP contribution is 2.16. The van der Waals surface area contributed by atoms with Crippen molar-refractivity contribution in [3.8, 4) is 0 Å². The van der Waals surface area contributed by atoms with Crippen molar-refractivity contribution in [2.24, 2.45) is 0 Å². The fourth-order valence-electron chi connectivity index (χ4n) is 1.17. The van der Waals surface area contributed by atoms with Gasteiger partial charge in [-0.25, -0.2) is 0 Å². The highest BCUT2D eigenvalue weighted by molar-refractivity contribution is 5.92. The maximum atomic E-state index is 11.0. The van der Waals surface area contributed by atoms with Crippen LogP contribution < -0.4 is 5.32 Å². The highest BCUT2D eigenvalue weighted by Gasteiger charge is 2.42. The van der Waals surface area contributed by atoms with Gasteiger partial charge in [-0.15, -0.1) is 0 Å². The lowest BCUT2D eigenvalue weighted by molar-refractivity contribution is -0.149. The Hall–Kier alpha value is -1.06. The summed E-state index contributed by atoms with van der Waals surface area (Å²) < 4.78 is 0. The molecule has 1 saturated heterocycles. The van der Waals surface area contributed by atoms with Crippen LogP contribution in [0.3, 0.4) is 0 Å². The zero-order valence-electron chi connectivity index (χ0n) is 6.92. The predicted octanol–water partition coefficient (Wildman–Crippen LogP) is -0.648. The third-order valence-corrected chi connectivity index (χ3v) is 2.07. The van der Waals surface area contributed by atoms with Crippen LogP contribution in [0.15, 0.2) is 0 Å². The summed E-state index contributed by atoms with van der Waals surface area (Å²) in [7, 11) is 1.73. The van der Waals surface area contributed by atoms with E-state index >= 15 is 0 Å². The molecule has 1 heterocycles. The zero-order valence-corrected chi connectivity index (χ0v) is 6.92. The van der Waals surface area contributed by atoms with E-state index in [1.807, 2.05) is 6.92 Å². The second-order valence-electron chi connectivity index (χ2n) is 2.87. The van der Waals surface area contributed by atoms with Crippen LogP contribution in [0.1, 0.15) is 13.8 Å². The second kappa shape index (κ2) is 2.53. The van der Waals surface area contributed by atoms with Crippen LogP contribution in [0, 0.1) is 0 Å². The molecule has 4 nitrogen and oxygen atoms in total. The van der Waals surface area contributed by atoms with Crippen LogP contribution in [0.25, 0.3) is 0 Å². The van der Waals surface area contributed by atoms with E-state index in [2.05, 4.69) is 5.32 Å². The van der Waals surface area contributed by atoms with Gasteiger partial charge in [0.05, 0.1) is 6.04 Å². The van der Waals surface area contributed by atoms with E-state index in [1.54, 1.807) is 11.9 Å². The molecule has 1 rings (SSSR count). The molecule has 0 radical (unpaired) electrons. The average molecular weight is 156 g/mol. The van der Waals surface area contributed by atoms with E-state index in [4.69, 9.17) is 0 Å². The third-order valence-electron chi connectivity index (χ3n) is 2.07. The van der Waals surface area contributed by atoms with E-state index in [0.717, 1.165) is 0 Å². The molecule has 1 aliphatic rings. The van der Waals surface area contributed by atoms with Gasteiger partial charge in [0.1, 0.15) is 6.04 Å². The van der Waals surface area contributed by atoms with Crippen LogP contribution in [0.5, 0.6) is 0 Å². The lowest BCUT2D eigenvalue weighted by atomic mass is 9.98. The van der Waals surface area contributed by atoms with Crippen molar-refractivity contribution in [3.63, 3.8) is 0 Å². The van der Waals surface area contributed by atoms with E-state index in [1.165, 1.54) is 6.92 Å². The Morgan fingerprint density at radius 1 is 1.64 bits per heavy atom. The summed E-state index contributed by atoms with van der Waals surface area (Å²) in [5, 5.41) is 2.58. The molecule has 0 bridgehead atoms. The highest BCUT2D eigenvalue weighted by atomic mass is 16.2. The van der Waals surface area contributed by atoms with Crippen molar-refractivity contribution >= 4 is 11.8 Å². The summed E-state index contributed by atoms with van der Waals surface area (Å²) in [6.07, 6.45) is 0. The smallest absolute Gasteiger partial charge is 0.247 e. The Morgan fingerprint density at radius 3 is 2.55 bits per heavy atom. The van der Waals surface area contributed by atoms with Crippen molar-refractivity contribution in [2.45, 2.75) is 25.9 Å². The number of amides is 2. The summed E-state index contributed by atoms with van der Waals surface area (Å²) >= 11 is 0. The van der Waals surface area contributed by atoms with Crippen LogP contribution in [-0.4, -0.2) is 35.8 Å². The van der Waals surface area contributed by atoms with Gasteiger partial charge in [-0.3, -0.25) is 9.59 Å². The largest absolute Gasteiger partial charge is 0.343 e. The van der Waals surface area contributed by atoms with Gasteiger partial charge >= 0.3 is 0 Å². The Bertz CT molecular complexity index is 203. The topological polar surface area (TPSA) is 49.4 Å². The molecule has 1 aliphatic heterocycles. The summed E-state index contributed by atoms with van der Waals surface area (Å²) in [4.78, 5) is 23.2. The molecule has 0 aromatic carbocycles. The van der Waals surface area contributed by atoms with Crippen LogP contribution >= 0.6 is 0 Å². The van der Waals surface area contributed by atoms with E-state index < -0.39 is 0 Å². The lowest BCUT2D eigenvalue weighted by Crippen LogP contribution is -2.67. The van der Waals surface area contributed by atoms with Gasteiger partial charge in [0.25, 0.3) is 0 Å². The summed E-state index contributed by atoms with van der Waals surface area (Å²) in [6, 6.07) is -0.163. The Labute approximate surface area is 65.6 Å². The molecule has 0 aromatic heterocycles. The number of likely N-dealkylation sites (N-methyl/N-ethyl adjacent to an activating group) is 1. The average Bonchev–Trinajstić information content (AvgIpc) is 1.98. The maximum absolute atomic E-state index is 11.0. The monoisotopic (exact) mass is 156 g/mol. The van der Waals surface area contributed by atoms with Gasteiger partial charge in [0.15, 0.2) is 0 Å². The SMILES string of the molecule is CC(=O)NC1C(=O)N(C)C1C. The first kappa shape index (κ1) is 8.04. The lowest BCUT2D eigenvalue weighted by Gasteiger charge is -2.42. The number of rotatable bonds is 1. The van der Waals surface area contributed by atoms with Gasteiger partial charge in [-0.05, 0) is 6.92 Å². The van der Waals surface area contributed by atoms with Gasteiger partial charge in [0, 0.05) is 14.0 Å². The molecule has 0 spiro atoms. The number of likely N-dealkylation sites (tertiary alicyclic amines) is 1. The molecule has 62 valence electrons. The Balaban J connectivity index is 2.49. The molecule has 2 atom stereocenters. The number of hydrogen-bond donors (Lipinski definition) is 1. The van der Waals surface area contributed by atoms with Crippen molar-refractivity contribution in [1.29, 1.82) is 0 Å². The van der Waals surface area contributed by atoms with Gasteiger partial charge < -0.3 is 10.2 Å². The van der Waals surface area contributed by atoms with E-state index in [9.17, 15) is 9.59 Å². The minimum atomic E-state index is -0.294. The molecular formula is C7H12N2O2. The second-order valence-corrected chi connectivity index (χ2v) is 2.87. The predicted molar refractivity (Wildman–Crippen MR) is 39.8 cm³/mol. The molecule has 4 heteroatoms. The van der Waals surface area contributed by atoms with Gasteiger partial charge in [0.2, 0.25) is 11.8 Å². The minimum absolute atomic E-state index is 0.00676. The first-order valence-electron chi connectivity index (χ1n) is 3.58. The van der Waals surface area contributed by atoms with Crippen LogP contribution in [-0.2, 0) is 9.59 Å². The molecule has 2 amide bonds. The Morgan fingerprint density at radius 2 is 2.18 bits per heavy atom. The number of carbonyl (C=O) groups is 2. The summed E-state index contributed by atoms with van der Waals surface area (Å²) in [5.74, 6) is -0.156. The quantitative estimate of drug-likeness (QED) is 0.513. The number of hydrogen-bond acceptors (Lipinski definition) is 2. The normalized spacial score (nSPS) is 29.7. The summed E-state index contributed by atoms with van der Waals surface area (Å²) in [6.45, 7) is 3.32. The first-order valence-corrected chi connectivity index (χ1v) is 3.58. The first-order chi connectivity index (χ1) is 5.04. The molecule has 0 saturated carbocycles. The fraction of sp³-hybridized carbons (Fsp3) is 0.714. The molecular weight excluding hydrogens is 144 g/mol. The number of nitrogens with one attached hydrogen (secondary N) is 1. The van der Waals surface area contributed by atoms with Crippen LogP contribution in [0.2, 0.25) is 0 Å². The molecule has 11 heavy (non-hydrogen) atoms. The molecule has 0 aliphatic carbocycles. The minimum Gasteiger partial charge on any atom is -0.343 e. The fourth-order valence-corrected chi connectivity index (χ4v) is 1.17. The Kier molecular flexibility index (Phi) is 1.85. The van der Waals surface area contributed by atoms with Crippen molar-refractivity contribution in [2.75, 3.05) is 7.05 Å². The maximum Gasteiger partial charge on any atom is 0.247 e. The van der Waals surface area contributed by atoms with Crippen molar-refractivity contribution in [1.82, 2.24) is 10.2 Å². The van der Waals surface area contributed by atoms with Gasteiger partial charge in [-0.2, -0.15) is 0 Å². The van der Waals surface area contributed by atoms with Crippen molar-refractivity contribution < 1.29 is 9.59 Å². The molecule has 0 aromatic rings. The van der Waals surface area contributed by atoms with Crippen LogP contribution in [0.4, 0.5) is 0 Å². The summed E-state index contributed by atoms with van der Waals surface area (Å²) in [5.41, 5.74) is 0. The number of β-lactam (4-membered cyclic amide) rings is 1. The van der Waals surface area contributed by atoms with Crippen molar-refractivity contribution in [3.05, 3.63) is 0 Å². The zero-order chi connectivity index (χ0) is 8.59.